The smallest absolute Gasteiger partial charge is 0.244 e. The molecular formula is C25H27ClN2O4S. The summed E-state index contributed by atoms with van der Waals surface area (Å²) in [5.74, 6) is -0.0760. The second-order valence-corrected chi connectivity index (χ2v) is 10.2. The number of carbonyl (C=O) groups excluding carboxylic acids is 1. The van der Waals surface area contributed by atoms with Crippen LogP contribution < -0.4 is 10.1 Å². The van der Waals surface area contributed by atoms with Crippen LogP contribution in [0.4, 0.5) is 5.69 Å². The van der Waals surface area contributed by atoms with Crippen LogP contribution in [0.2, 0.25) is 5.02 Å². The average Bonchev–Trinajstić information content (AvgIpc) is 2.73. The summed E-state index contributed by atoms with van der Waals surface area (Å²) in [7, 11) is -2.49. The van der Waals surface area contributed by atoms with E-state index in [0.29, 0.717) is 27.6 Å². The molecule has 0 aromatic heterocycles. The van der Waals surface area contributed by atoms with Crippen LogP contribution in [0, 0.1) is 20.8 Å². The Labute approximate surface area is 200 Å². The van der Waals surface area contributed by atoms with Gasteiger partial charge in [-0.15, -0.1) is 0 Å². The molecule has 174 valence electrons. The predicted octanol–water partition coefficient (Wildman–Crippen LogP) is 5.10. The summed E-state index contributed by atoms with van der Waals surface area (Å²) >= 11 is 6.06. The molecule has 0 saturated carbocycles. The molecule has 0 bridgehead atoms. The summed E-state index contributed by atoms with van der Waals surface area (Å²) in [4.78, 5) is 13.2. The SMILES string of the molecule is COc1ccc(Cl)cc1NC(=O)CN(Cc1ccccc1)S(=O)(=O)c1c(C)cc(C)cc1C. The van der Waals surface area contributed by atoms with Crippen LogP contribution in [-0.2, 0) is 21.4 Å². The topological polar surface area (TPSA) is 75.7 Å². The zero-order valence-electron chi connectivity index (χ0n) is 19.1. The van der Waals surface area contributed by atoms with E-state index >= 15 is 0 Å². The lowest BCUT2D eigenvalue weighted by molar-refractivity contribution is -0.116. The molecule has 8 heteroatoms. The highest BCUT2D eigenvalue weighted by atomic mass is 35.5. The van der Waals surface area contributed by atoms with Crippen LogP contribution >= 0.6 is 11.6 Å². The number of aryl methyl sites for hydroxylation is 3. The maximum Gasteiger partial charge on any atom is 0.244 e. The maximum atomic E-state index is 13.8. The van der Waals surface area contributed by atoms with Crippen LogP contribution in [0.5, 0.6) is 5.75 Å². The molecule has 0 heterocycles. The number of sulfonamides is 1. The standard InChI is InChI=1S/C25H27ClN2O4S/c1-17-12-18(2)25(19(3)13-17)33(30,31)28(15-20-8-6-5-7-9-20)16-24(29)27-22-14-21(26)10-11-23(22)32-4/h5-14H,15-16H2,1-4H3,(H,27,29). The Bertz CT molecular complexity index is 1240. The molecule has 3 aromatic rings. The first-order valence-corrected chi connectivity index (χ1v) is 12.2. The van der Waals surface area contributed by atoms with E-state index in [2.05, 4.69) is 5.32 Å². The van der Waals surface area contributed by atoms with E-state index in [4.69, 9.17) is 16.3 Å². The van der Waals surface area contributed by atoms with Crippen molar-refractivity contribution in [3.8, 4) is 5.75 Å². The molecular weight excluding hydrogens is 460 g/mol. The number of nitrogens with one attached hydrogen (secondary N) is 1. The van der Waals surface area contributed by atoms with Gasteiger partial charge in [0.1, 0.15) is 5.75 Å². The molecule has 0 saturated heterocycles. The van der Waals surface area contributed by atoms with E-state index in [1.807, 2.05) is 49.4 Å². The Morgan fingerprint density at radius 1 is 1.00 bits per heavy atom. The summed E-state index contributed by atoms with van der Waals surface area (Å²) in [6.45, 7) is 5.13. The number of hydrogen-bond acceptors (Lipinski definition) is 4. The monoisotopic (exact) mass is 486 g/mol. The van der Waals surface area contributed by atoms with Crippen molar-refractivity contribution in [1.29, 1.82) is 0 Å². The van der Waals surface area contributed by atoms with Crippen molar-refractivity contribution in [3.63, 3.8) is 0 Å². The molecule has 0 spiro atoms. The van der Waals surface area contributed by atoms with E-state index < -0.39 is 15.9 Å². The third-order valence-electron chi connectivity index (χ3n) is 5.16. The number of carbonyl (C=O) groups is 1. The number of anilines is 1. The van der Waals surface area contributed by atoms with Gasteiger partial charge in [0.25, 0.3) is 0 Å². The normalized spacial score (nSPS) is 11.5. The summed E-state index contributed by atoms with van der Waals surface area (Å²) in [6, 6.07) is 17.7. The molecule has 0 radical (unpaired) electrons. The molecule has 0 aliphatic carbocycles. The third kappa shape index (κ3) is 5.93. The lowest BCUT2D eigenvalue weighted by Crippen LogP contribution is -2.38. The van der Waals surface area contributed by atoms with Crippen molar-refractivity contribution in [3.05, 3.63) is 87.9 Å². The number of hydrogen-bond donors (Lipinski definition) is 1. The Morgan fingerprint density at radius 3 is 2.24 bits per heavy atom. The largest absolute Gasteiger partial charge is 0.495 e. The molecule has 0 aliphatic rings. The average molecular weight is 487 g/mol. The summed E-state index contributed by atoms with van der Waals surface area (Å²) in [5.41, 5.74) is 3.40. The molecule has 0 aliphatic heterocycles. The summed E-state index contributed by atoms with van der Waals surface area (Å²) in [5, 5.41) is 3.15. The lowest BCUT2D eigenvalue weighted by atomic mass is 10.1. The van der Waals surface area contributed by atoms with Crippen molar-refractivity contribution in [2.24, 2.45) is 0 Å². The van der Waals surface area contributed by atoms with Gasteiger partial charge in [-0.05, 0) is 55.7 Å². The molecule has 6 nitrogen and oxygen atoms in total. The van der Waals surface area contributed by atoms with Gasteiger partial charge >= 0.3 is 0 Å². The van der Waals surface area contributed by atoms with Gasteiger partial charge in [0.05, 0.1) is 24.2 Å². The van der Waals surface area contributed by atoms with Crippen LogP contribution in [0.25, 0.3) is 0 Å². The number of nitrogens with zero attached hydrogens (tertiary/aromatic N) is 1. The number of rotatable bonds is 8. The lowest BCUT2D eigenvalue weighted by Gasteiger charge is -2.24. The zero-order valence-corrected chi connectivity index (χ0v) is 20.6. The maximum absolute atomic E-state index is 13.8. The minimum absolute atomic E-state index is 0.0516. The van der Waals surface area contributed by atoms with Gasteiger partial charge in [-0.3, -0.25) is 4.79 Å². The highest BCUT2D eigenvalue weighted by molar-refractivity contribution is 7.89. The van der Waals surface area contributed by atoms with E-state index in [-0.39, 0.29) is 18.0 Å². The fourth-order valence-corrected chi connectivity index (χ4v) is 5.81. The Morgan fingerprint density at radius 2 is 1.64 bits per heavy atom. The molecule has 3 aromatic carbocycles. The van der Waals surface area contributed by atoms with Gasteiger partial charge in [0.15, 0.2) is 0 Å². The van der Waals surface area contributed by atoms with Crippen molar-refractivity contribution in [2.45, 2.75) is 32.2 Å². The van der Waals surface area contributed by atoms with Crippen molar-refractivity contribution >= 4 is 33.2 Å². The Kier molecular flexibility index (Phi) is 7.79. The number of halogens is 1. The van der Waals surface area contributed by atoms with Crippen LogP contribution in [0.3, 0.4) is 0 Å². The van der Waals surface area contributed by atoms with E-state index in [1.165, 1.54) is 11.4 Å². The molecule has 0 fully saturated rings. The van der Waals surface area contributed by atoms with Crippen LogP contribution in [0.1, 0.15) is 22.3 Å². The second-order valence-electron chi connectivity index (χ2n) is 7.88. The van der Waals surface area contributed by atoms with E-state index in [0.717, 1.165) is 11.1 Å². The number of ether oxygens (including phenoxy) is 1. The van der Waals surface area contributed by atoms with E-state index in [9.17, 15) is 13.2 Å². The Hall–Kier alpha value is -2.87. The number of amides is 1. The number of methoxy groups -OCH3 is 1. The van der Waals surface area contributed by atoms with Gasteiger partial charge in [0.2, 0.25) is 15.9 Å². The zero-order chi connectivity index (χ0) is 24.2. The van der Waals surface area contributed by atoms with Crippen molar-refractivity contribution in [1.82, 2.24) is 4.31 Å². The third-order valence-corrected chi connectivity index (χ3v) is 7.49. The van der Waals surface area contributed by atoms with Crippen molar-refractivity contribution in [2.75, 3.05) is 19.0 Å². The van der Waals surface area contributed by atoms with Gasteiger partial charge in [0, 0.05) is 11.6 Å². The van der Waals surface area contributed by atoms with Crippen LogP contribution in [-0.4, -0.2) is 32.3 Å². The first kappa shape index (κ1) is 24.8. The first-order valence-electron chi connectivity index (χ1n) is 10.4. The molecule has 0 atom stereocenters. The summed E-state index contributed by atoms with van der Waals surface area (Å²) in [6.07, 6.45) is 0. The quantitative estimate of drug-likeness (QED) is 0.480. The van der Waals surface area contributed by atoms with Crippen LogP contribution in [0.15, 0.2) is 65.6 Å². The predicted molar refractivity (Wildman–Crippen MR) is 131 cm³/mol. The number of benzene rings is 3. The van der Waals surface area contributed by atoms with Gasteiger partial charge in [-0.1, -0.05) is 59.6 Å². The first-order chi connectivity index (χ1) is 15.6. The molecule has 33 heavy (non-hydrogen) atoms. The molecule has 0 unspecified atom stereocenters. The fourth-order valence-electron chi connectivity index (χ4n) is 3.84. The minimum Gasteiger partial charge on any atom is -0.495 e. The van der Waals surface area contributed by atoms with Crippen molar-refractivity contribution < 1.29 is 17.9 Å². The molecule has 1 amide bonds. The highest BCUT2D eigenvalue weighted by Gasteiger charge is 2.30. The summed E-state index contributed by atoms with van der Waals surface area (Å²) < 4.78 is 34.0. The minimum atomic E-state index is -3.97. The Balaban J connectivity index is 1.97. The second kappa shape index (κ2) is 10.4. The highest BCUT2D eigenvalue weighted by Crippen LogP contribution is 2.29. The van der Waals surface area contributed by atoms with Gasteiger partial charge in [-0.25, -0.2) is 8.42 Å². The van der Waals surface area contributed by atoms with E-state index in [1.54, 1.807) is 32.0 Å². The van der Waals surface area contributed by atoms with Gasteiger partial charge < -0.3 is 10.1 Å². The van der Waals surface area contributed by atoms with Gasteiger partial charge in [-0.2, -0.15) is 4.31 Å². The molecule has 3 rings (SSSR count). The fraction of sp³-hybridized carbons (Fsp3) is 0.240. The molecule has 1 N–H and O–H groups in total.